The van der Waals surface area contributed by atoms with Crippen LogP contribution in [0.4, 0.5) is 0 Å². The molecule has 1 aromatic heterocycles. The molecule has 0 aromatic carbocycles. The maximum Gasteiger partial charge on any atom is 0.274 e. The van der Waals surface area contributed by atoms with Gasteiger partial charge in [-0.15, -0.1) is 0 Å². The van der Waals surface area contributed by atoms with Crippen molar-refractivity contribution in [2.24, 2.45) is 0 Å². The summed E-state index contributed by atoms with van der Waals surface area (Å²) in [5.41, 5.74) is -0.813. The van der Waals surface area contributed by atoms with Crippen molar-refractivity contribution >= 4 is 5.91 Å². The Hall–Kier alpha value is -1.40. The highest BCUT2D eigenvalue weighted by molar-refractivity contribution is 5.92. The van der Waals surface area contributed by atoms with Gasteiger partial charge in [0.05, 0.1) is 18.8 Å². The van der Waals surface area contributed by atoms with Crippen molar-refractivity contribution in [1.29, 1.82) is 0 Å². The zero-order valence-electron chi connectivity index (χ0n) is 10.3. The minimum Gasteiger partial charge on any atom is -0.394 e. The normalized spacial score (nSPS) is 15.7. The summed E-state index contributed by atoms with van der Waals surface area (Å²) >= 11 is 0. The molecule has 1 saturated carbocycles. The molecule has 1 amide bonds. The molecule has 6 nitrogen and oxygen atoms in total. The van der Waals surface area contributed by atoms with Gasteiger partial charge in [0.25, 0.3) is 5.91 Å². The fraction of sp³-hybridized carbons (Fsp3) is 0.667. The molecule has 0 bridgehead atoms. The molecule has 2 rings (SSSR count). The Morgan fingerprint density at radius 3 is 2.72 bits per heavy atom. The Morgan fingerprint density at radius 1 is 1.56 bits per heavy atom. The number of hydrogen-bond donors (Lipinski definition) is 3. The van der Waals surface area contributed by atoms with Crippen molar-refractivity contribution in [3.63, 3.8) is 0 Å². The molecule has 0 unspecified atom stereocenters. The van der Waals surface area contributed by atoms with Gasteiger partial charge in [-0.1, -0.05) is 12.1 Å². The van der Waals surface area contributed by atoms with Gasteiger partial charge in [-0.05, 0) is 19.3 Å². The van der Waals surface area contributed by atoms with Gasteiger partial charge < -0.3 is 20.1 Å². The Bertz CT molecular complexity index is 413. The number of amides is 1. The molecule has 1 aliphatic rings. The van der Waals surface area contributed by atoms with Crippen LogP contribution < -0.4 is 5.32 Å². The lowest BCUT2D eigenvalue weighted by Gasteiger charge is -2.29. The average Bonchev–Trinajstić information content (AvgIpc) is 3.13. The molecule has 0 spiro atoms. The molecule has 3 N–H and O–H groups in total. The van der Waals surface area contributed by atoms with E-state index < -0.39 is 11.4 Å². The molecule has 0 atom stereocenters. The summed E-state index contributed by atoms with van der Waals surface area (Å²) in [6.45, 7) is 1.14. The molecule has 100 valence electrons. The average molecular weight is 254 g/mol. The molecule has 6 heteroatoms. The van der Waals surface area contributed by atoms with Crippen LogP contribution in [0, 0.1) is 0 Å². The van der Waals surface area contributed by atoms with E-state index in [9.17, 15) is 15.0 Å². The molecule has 18 heavy (non-hydrogen) atoms. The van der Waals surface area contributed by atoms with Crippen molar-refractivity contribution in [2.75, 3.05) is 13.2 Å². The van der Waals surface area contributed by atoms with Crippen molar-refractivity contribution in [3.8, 4) is 0 Å². The number of aliphatic hydroxyl groups excluding tert-OH is 2. The number of aromatic nitrogens is 1. The maximum absolute atomic E-state index is 11.9. The quantitative estimate of drug-likeness (QED) is 0.683. The lowest BCUT2D eigenvalue weighted by molar-refractivity contribution is 0.0646. The van der Waals surface area contributed by atoms with Crippen LogP contribution in [0.2, 0.25) is 0 Å². The summed E-state index contributed by atoms with van der Waals surface area (Å²) < 4.78 is 5.09. The SMILES string of the molecule is CCC(CO)(CO)NC(=O)c1cc(C2CC2)on1. The van der Waals surface area contributed by atoms with Crippen molar-refractivity contribution in [1.82, 2.24) is 10.5 Å². The zero-order chi connectivity index (χ0) is 13.2. The van der Waals surface area contributed by atoms with Crippen LogP contribution in [0.1, 0.15) is 48.4 Å². The fourth-order valence-electron chi connectivity index (χ4n) is 1.70. The van der Waals surface area contributed by atoms with Gasteiger partial charge in [-0.2, -0.15) is 0 Å². The molecule has 1 fully saturated rings. The van der Waals surface area contributed by atoms with E-state index in [1.807, 2.05) is 0 Å². The van der Waals surface area contributed by atoms with Crippen LogP contribution in [-0.4, -0.2) is 40.0 Å². The summed E-state index contributed by atoms with van der Waals surface area (Å²) in [6, 6.07) is 1.63. The topological polar surface area (TPSA) is 95.6 Å². The Morgan fingerprint density at radius 2 is 2.22 bits per heavy atom. The van der Waals surface area contributed by atoms with Crippen LogP contribution in [0.5, 0.6) is 0 Å². The monoisotopic (exact) mass is 254 g/mol. The number of aliphatic hydroxyl groups is 2. The second-order valence-electron chi connectivity index (χ2n) is 4.79. The summed E-state index contributed by atoms with van der Waals surface area (Å²) in [7, 11) is 0. The van der Waals surface area contributed by atoms with Crippen molar-refractivity contribution < 1.29 is 19.5 Å². The van der Waals surface area contributed by atoms with Crippen molar-refractivity contribution in [2.45, 2.75) is 37.6 Å². The second kappa shape index (κ2) is 5.07. The summed E-state index contributed by atoms with van der Waals surface area (Å²) in [5, 5.41) is 24.8. The first-order valence-electron chi connectivity index (χ1n) is 6.15. The summed E-state index contributed by atoms with van der Waals surface area (Å²) in [5.74, 6) is 0.691. The third kappa shape index (κ3) is 2.54. The van der Waals surface area contributed by atoms with E-state index >= 15 is 0 Å². The van der Waals surface area contributed by atoms with E-state index in [0.717, 1.165) is 18.6 Å². The summed E-state index contributed by atoms with van der Waals surface area (Å²) in [6.07, 6.45) is 2.57. The first-order valence-corrected chi connectivity index (χ1v) is 6.15. The smallest absolute Gasteiger partial charge is 0.274 e. The minimum absolute atomic E-state index is 0.191. The lowest BCUT2D eigenvalue weighted by atomic mass is 9.98. The minimum atomic E-state index is -1.00. The van der Waals surface area contributed by atoms with Gasteiger partial charge in [0.2, 0.25) is 0 Å². The maximum atomic E-state index is 11.9. The lowest BCUT2D eigenvalue weighted by Crippen LogP contribution is -2.53. The highest BCUT2D eigenvalue weighted by Crippen LogP contribution is 2.40. The van der Waals surface area contributed by atoms with Gasteiger partial charge in [-0.3, -0.25) is 4.79 Å². The van der Waals surface area contributed by atoms with E-state index in [0.29, 0.717) is 12.3 Å². The van der Waals surface area contributed by atoms with E-state index in [4.69, 9.17) is 4.52 Å². The highest BCUT2D eigenvalue weighted by Gasteiger charge is 2.32. The third-order valence-electron chi connectivity index (χ3n) is 3.40. The first-order chi connectivity index (χ1) is 8.64. The van der Waals surface area contributed by atoms with Gasteiger partial charge in [0, 0.05) is 12.0 Å². The number of nitrogens with one attached hydrogen (secondary N) is 1. The predicted molar refractivity (Wildman–Crippen MR) is 63.1 cm³/mol. The molecule has 0 aliphatic heterocycles. The van der Waals surface area contributed by atoms with Crippen LogP contribution in [0.3, 0.4) is 0 Å². The van der Waals surface area contributed by atoms with E-state index in [1.165, 1.54) is 0 Å². The van der Waals surface area contributed by atoms with Gasteiger partial charge >= 0.3 is 0 Å². The molecule has 1 heterocycles. The van der Waals surface area contributed by atoms with Crippen LogP contribution >= 0.6 is 0 Å². The molecule has 1 aromatic rings. The molecule has 0 radical (unpaired) electrons. The van der Waals surface area contributed by atoms with Crippen LogP contribution in [-0.2, 0) is 0 Å². The van der Waals surface area contributed by atoms with Crippen LogP contribution in [0.15, 0.2) is 10.6 Å². The van der Waals surface area contributed by atoms with Gasteiger partial charge in [-0.25, -0.2) is 0 Å². The molecule has 0 saturated heterocycles. The van der Waals surface area contributed by atoms with Gasteiger partial charge in [0.1, 0.15) is 5.76 Å². The number of nitrogens with zero attached hydrogens (tertiary/aromatic N) is 1. The van der Waals surface area contributed by atoms with E-state index in [2.05, 4.69) is 10.5 Å². The van der Waals surface area contributed by atoms with E-state index in [1.54, 1.807) is 13.0 Å². The molecular weight excluding hydrogens is 236 g/mol. The number of hydrogen-bond acceptors (Lipinski definition) is 5. The van der Waals surface area contributed by atoms with E-state index in [-0.39, 0.29) is 18.9 Å². The second-order valence-corrected chi connectivity index (χ2v) is 4.79. The zero-order valence-corrected chi connectivity index (χ0v) is 10.3. The highest BCUT2D eigenvalue weighted by atomic mass is 16.5. The Labute approximate surface area is 105 Å². The predicted octanol–water partition coefficient (Wildman–Crippen LogP) is 0.415. The number of carbonyl (C=O) groups is 1. The molecular formula is C12H18N2O4. The van der Waals surface area contributed by atoms with Crippen molar-refractivity contribution in [3.05, 3.63) is 17.5 Å². The Kier molecular flexibility index (Phi) is 3.68. The summed E-state index contributed by atoms with van der Waals surface area (Å²) in [4.78, 5) is 11.9. The van der Waals surface area contributed by atoms with Gasteiger partial charge in [0.15, 0.2) is 5.69 Å². The standard InChI is InChI=1S/C12H18N2O4/c1-2-12(6-15,7-16)13-11(17)9-5-10(18-14-9)8-3-4-8/h5,8,15-16H,2-4,6-7H2,1H3,(H,13,17). The third-order valence-corrected chi connectivity index (χ3v) is 3.40. The number of rotatable bonds is 6. The molecule has 1 aliphatic carbocycles. The largest absolute Gasteiger partial charge is 0.394 e. The first kappa shape index (κ1) is 13.0. The van der Waals surface area contributed by atoms with Crippen LogP contribution in [0.25, 0.3) is 0 Å². The fourth-order valence-corrected chi connectivity index (χ4v) is 1.70. The number of carbonyl (C=O) groups excluding carboxylic acids is 1. The Balaban J connectivity index is 2.05.